The first-order valence-corrected chi connectivity index (χ1v) is 5.98. The monoisotopic (exact) mass is 251 g/mol. The van der Waals surface area contributed by atoms with E-state index in [1.807, 2.05) is 45.0 Å². The van der Waals surface area contributed by atoms with Crippen LogP contribution in [0.25, 0.3) is 0 Å². The summed E-state index contributed by atoms with van der Waals surface area (Å²) >= 11 is 0. The maximum absolute atomic E-state index is 11.5. The summed E-state index contributed by atoms with van der Waals surface area (Å²) in [5, 5.41) is 2.79. The van der Waals surface area contributed by atoms with E-state index in [9.17, 15) is 4.79 Å². The van der Waals surface area contributed by atoms with Crippen molar-refractivity contribution in [3.63, 3.8) is 0 Å². The number of carbonyl (C=O) groups is 1. The smallest absolute Gasteiger partial charge is 0.226 e. The third-order valence-electron chi connectivity index (χ3n) is 2.10. The van der Waals surface area contributed by atoms with Gasteiger partial charge in [0.05, 0.1) is 13.0 Å². The molecule has 1 rings (SSSR count). The van der Waals surface area contributed by atoms with E-state index >= 15 is 0 Å². The van der Waals surface area contributed by atoms with Crippen molar-refractivity contribution in [2.75, 3.05) is 19.0 Å². The Labute approximate surface area is 108 Å². The van der Waals surface area contributed by atoms with E-state index in [0.29, 0.717) is 13.0 Å². The van der Waals surface area contributed by atoms with Crippen molar-refractivity contribution in [1.29, 1.82) is 0 Å². The van der Waals surface area contributed by atoms with Crippen LogP contribution in [-0.2, 0) is 9.53 Å². The third-order valence-corrected chi connectivity index (χ3v) is 2.10. The normalized spacial score (nSPS) is 11.1. The first-order valence-electron chi connectivity index (χ1n) is 5.98. The summed E-state index contributed by atoms with van der Waals surface area (Å²) in [7, 11) is 1.58. The van der Waals surface area contributed by atoms with Crippen LogP contribution in [0, 0.1) is 0 Å². The van der Waals surface area contributed by atoms with Crippen molar-refractivity contribution in [1.82, 2.24) is 0 Å². The Morgan fingerprint density at radius 2 is 1.83 bits per heavy atom. The minimum atomic E-state index is -0.219. The van der Waals surface area contributed by atoms with Gasteiger partial charge in [-0.3, -0.25) is 4.79 Å². The van der Waals surface area contributed by atoms with Crippen LogP contribution < -0.4 is 10.1 Å². The summed E-state index contributed by atoms with van der Waals surface area (Å²) in [4.78, 5) is 11.5. The topological polar surface area (TPSA) is 47.6 Å². The summed E-state index contributed by atoms with van der Waals surface area (Å²) in [6.07, 6.45) is 0.358. The van der Waals surface area contributed by atoms with Gasteiger partial charge in [-0.25, -0.2) is 0 Å². The van der Waals surface area contributed by atoms with E-state index in [1.165, 1.54) is 0 Å². The van der Waals surface area contributed by atoms with Crippen molar-refractivity contribution in [3.8, 4) is 5.75 Å². The molecular weight excluding hydrogens is 230 g/mol. The number of ether oxygens (including phenoxy) is 2. The summed E-state index contributed by atoms with van der Waals surface area (Å²) in [6, 6.07) is 7.34. The quantitative estimate of drug-likeness (QED) is 0.875. The summed E-state index contributed by atoms with van der Waals surface area (Å²) in [6.45, 7) is 6.41. The highest BCUT2D eigenvalue weighted by Gasteiger charge is 2.11. The molecule has 1 aromatic carbocycles. The van der Waals surface area contributed by atoms with Gasteiger partial charge in [-0.05, 0) is 45.0 Å². The number of nitrogens with one attached hydrogen (secondary N) is 1. The molecule has 1 amide bonds. The Kier molecular flexibility index (Phi) is 5.16. The number of hydrogen-bond acceptors (Lipinski definition) is 3. The summed E-state index contributed by atoms with van der Waals surface area (Å²) in [5.41, 5.74) is 0.542. The second-order valence-electron chi connectivity index (χ2n) is 5.03. The van der Waals surface area contributed by atoms with Gasteiger partial charge in [0, 0.05) is 12.8 Å². The third kappa shape index (κ3) is 5.68. The van der Waals surface area contributed by atoms with Crippen molar-refractivity contribution >= 4 is 11.6 Å². The number of amides is 1. The Morgan fingerprint density at radius 3 is 2.33 bits per heavy atom. The Balaban J connectivity index is 2.52. The van der Waals surface area contributed by atoms with Crippen LogP contribution in [0.4, 0.5) is 5.69 Å². The number of carbonyl (C=O) groups excluding carboxylic acids is 1. The molecule has 4 nitrogen and oxygen atoms in total. The SMILES string of the molecule is COCCC(=O)Nc1ccc(OC(C)(C)C)cc1. The predicted octanol–water partition coefficient (Wildman–Crippen LogP) is 2.84. The number of hydrogen-bond donors (Lipinski definition) is 1. The van der Waals surface area contributed by atoms with Crippen LogP contribution >= 0.6 is 0 Å². The molecule has 0 radical (unpaired) electrons. The molecule has 0 fully saturated rings. The predicted molar refractivity (Wildman–Crippen MR) is 71.9 cm³/mol. The Hall–Kier alpha value is -1.55. The highest BCUT2D eigenvalue weighted by Crippen LogP contribution is 2.20. The lowest BCUT2D eigenvalue weighted by Gasteiger charge is -2.21. The molecule has 1 N–H and O–H groups in total. The van der Waals surface area contributed by atoms with Gasteiger partial charge in [-0.1, -0.05) is 0 Å². The molecule has 0 bridgehead atoms. The van der Waals surface area contributed by atoms with Crippen LogP contribution in [0.2, 0.25) is 0 Å². The molecule has 4 heteroatoms. The lowest BCUT2D eigenvalue weighted by molar-refractivity contribution is -0.117. The summed E-state index contributed by atoms with van der Waals surface area (Å²) in [5.74, 6) is 0.735. The van der Waals surface area contributed by atoms with Gasteiger partial charge in [0.2, 0.25) is 5.91 Å². The fourth-order valence-electron chi connectivity index (χ4n) is 1.38. The zero-order valence-corrected chi connectivity index (χ0v) is 11.4. The second kappa shape index (κ2) is 6.40. The largest absolute Gasteiger partial charge is 0.488 e. The second-order valence-corrected chi connectivity index (χ2v) is 5.03. The first kappa shape index (κ1) is 14.5. The molecule has 0 aliphatic carbocycles. The zero-order chi connectivity index (χ0) is 13.6. The molecule has 0 aliphatic heterocycles. The van der Waals surface area contributed by atoms with E-state index in [1.54, 1.807) is 7.11 Å². The van der Waals surface area contributed by atoms with Crippen molar-refractivity contribution < 1.29 is 14.3 Å². The minimum absolute atomic E-state index is 0.0543. The fraction of sp³-hybridized carbons (Fsp3) is 0.500. The van der Waals surface area contributed by atoms with Crippen molar-refractivity contribution in [2.24, 2.45) is 0 Å². The van der Waals surface area contributed by atoms with E-state index < -0.39 is 0 Å². The summed E-state index contributed by atoms with van der Waals surface area (Å²) < 4.78 is 10.5. The lowest BCUT2D eigenvalue weighted by atomic mass is 10.2. The van der Waals surface area contributed by atoms with E-state index in [0.717, 1.165) is 11.4 Å². The van der Waals surface area contributed by atoms with Gasteiger partial charge in [0.15, 0.2) is 0 Å². The average molecular weight is 251 g/mol. The van der Waals surface area contributed by atoms with Gasteiger partial charge in [-0.15, -0.1) is 0 Å². The standard InChI is InChI=1S/C14H21NO3/c1-14(2,3)18-12-7-5-11(6-8-12)15-13(16)9-10-17-4/h5-8H,9-10H2,1-4H3,(H,15,16). The Morgan fingerprint density at radius 1 is 1.22 bits per heavy atom. The number of rotatable bonds is 5. The van der Waals surface area contributed by atoms with Gasteiger partial charge in [-0.2, -0.15) is 0 Å². The molecule has 0 aliphatic rings. The molecule has 0 saturated carbocycles. The van der Waals surface area contributed by atoms with Gasteiger partial charge >= 0.3 is 0 Å². The maximum atomic E-state index is 11.5. The minimum Gasteiger partial charge on any atom is -0.488 e. The maximum Gasteiger partial charge on any atom is 0.226 e. The molecule has 0 atom stereocenters. The van der Waals surface area contributed by atoms with Crippen LogP contribution in [0.1, 0.15) is 27.2 Å². The number of methoxy groups -OCH3 is 1. The van der Waals surface area contributed by atoms with Crippen LogP contribution in [0.15, 0.2) is 24.3 Å². The molecule has 18 heavy (non-hydrogen) atoms. The highest BCUT2D eigenvalue weighted by molar-refractivity contribution is 5.90. The molecule has 0 aromatic heterocycles. The lowest BCUT2D eigenvalue weighted by Crippen LogP contribution is -2.22. The molecule has 1 aromatic rings. The Bertz CT molecular complexity index is 379. The average Bonchev–Trinajstić information content (AvgIpc) is 2.27. The molecule has 0 heterocycles. The molecule has 100 valence electrons. The van der Waals surface area contributed by atoms with Crippen LogP contribution in [0.5, 0.6) is 5.75 Å². The molecule has 0 unspecified atom stereocenters. The number of anilines is 1. The zero-order valence-electron chi connectivity index (χ0n) is 11.4. The van der Waals surface area contributed by atoms with E-state index in [2.05, 4.69) is 5.32 Å². The molecule has 0 spiro atoms. The van der Waals surface area contributed by atoms with Crippen LogP contribution in [-0.4, -0.2) is 25.2 Å². The number of benzene rings is 1. The van der Waals surface area contributed by atoms with E-state index in [4.69, 9.17) is 9.47 Å². The van der Waals surface area contributed by atoms with Crippen molar-refractivity contribution in [2.45, 2.75) is 32.8 Å². The van der Waals surface area contributed by atoms with Gasteiger partial charge in [0.1, 0.15) is 11.4 Å². The molecular formula is C14H21NO3. The van der Waals surface area contributed by atoms with Gasteiger partial charge < -0.3 is 14.8 Å². The van der Waals surface area contributed by atoms with Crippen LogP contribution in [0.3, 0.4) is 0 Å². The van der Waals surface area contributed by atoms with Gasteiger partial charge in [0.25, 0.3) is 0 Å². The van der Waals surface area contributed by atoms with Crippen molar-refractivity contribution in [3.05, 3.63) is 24.3 Å². The molecule has 0 saturated heterocycles. The first-order chi connectivity index (χ1) is 8.40. The fourth-order valence-corrected chi connectivity index (χ4v) is 1.38. The van der Waals surface area contributed by atoms with E-state index in [-0.39, 0.29) is 11.5 Å². The highest BCUT2D eigenvalue weighted by atomic mass is 16.5.